The summed E-state index contributed by atoms with van der Waals surface area (Å²) in [7, 11) is 0. The minimum absolute atomic E-state index is 0.143. The molecule has 1 aromatic carbocycles. The number of rotatable bonds is 5. The van der Waals surface area contributed by atoms with Crippen LogP contribution in [-0.4, -0.2) is 37.5 Å². The number of nitrogens with zero attached hydrogens (tertiary/aromatic N) is 1. The van der Waals surface area contributed by atoms with E-state index in [1.165, 1.54) is 12.1 Å². The first-order valence-corrected chi connectivity index (χ1v) is 8.34. The van der Waals surface area contributed by atoms with Gasteiger partial charge in [-0.3, -0.25) is 9.59 Å². The monoisotopic (exact) mass is 349 g/mol. The first-order chi connectivity index (χ1) is 12.0. The van der Waals surface area contributed by atoms with Crippen LogP contribution in [-0.2, 0) is 23.9 Å². The number of ether oxygens (including phenoxy) is 2. The molecule has 0 unspecified atom stereocenters. The van der Waals surface area contributed by atoms with Crippen LogP contribution in [0.15, 0.2) is 29.4 Å². The molecule has 1 fully saturated rings. The molecule has 0 amide bonds. The second-order valence-corrected chi connectivity index (χ2v) is 6.11. The lowest BCUT2D eigenvalue weighted by Crippen LogP contribution is -2.45. The number of oxime groups is 1. The third-order valence-corrected chi connectivity index (χ3v) is 4.70. The Morgan fingerprint density at radius 2 is 1.80 bits per heavy atom. The SMILES string of the molecule is CCOC(=O)C1(C(=O)OCC)C[C@H]2CON=C2[C@@H]1c1ccc(F)cc1. The Hall–Kier alpha value is -2.44. The van der Waals surface area contributed by atoms with Crippen molar-refractivity contribution in [3.8, 4) is 0 Å². The largest absolute Gasteiger partial charge is 0.465 e. The molecule has 25 heavy (non-hydrogen) atoms. The lowest BCUT2D eigenvalue weighted by atomic mass is 9.73. The van der Waals surface area contributed by atoms with E-state index < -0.39 is 29.1 Å². The van der Waals surface area contributed by atoms with Crippen molar-refractivity contribution in [2.75, 3.05) is 19.8 Å². The standard InChI is InChI=1S/C18H20FNO5/c1-3-23-16(21)18(17(22)24-4-2)9-12-10-25-20-15(12)14(18)11-5-7-13(19)8-6-11/h5-8,12,14H,3-4,9-10H2,1-2H3/t12-,14-/m0/s1. The third kappa shape index (κ3) is 2.77. The summed E-state index contributed by atoms with van der Waals surface area (Å²) < 4.78 is 23.8. The van der Waals surface area contributed by atoms with Gasteiger partial charge in [0, 0.05) is 5.92 Å². The number of halogens is 1. The first kappa shape index (κ1) is 17.4. The van der Waals surface area contributed by atoms with E-state index in [4.69, 9.17) is 14.3 Å². The first-order valence-electron chi connectivity index (χ1n) is 8.34. The number of hydrogen-bond acceptors (Lipinski definition) is 6. The second-order valence-electron chi connectivity index (χ2n) is 6.11. The van der Waals surface area contributed by atoms with Crippen molar-refractivity contribution in [2.24, 2.45) is 16.5 Å². The van der Waals surface area contributed by atoms with Crippen LogP contribution in [0.25, 0.3) is 0 Å². The Bertz CT molecular complexity index is 682. The number of carbonyl (C=O) groups is 2. The van der Waals surface area contributed by atoms with E-state index >= 15 is 0 Å². The fourth-order valence-corrected chi connectivity index (χ4v) is 3.69. The molecule has 0 N–H and O–H groups in total. The van der Waals surface area contributed by atoms with E-state index in [2.05, 4.69) is 5.16 Å². The second kappa shape index (κ2) is 6.82. The lowest BCUT2D eigenvalue weighted by molar-refractivity contribution is -0.173. The average molecular weight is 349 g/mol. The molecule has 7 heteroatoms. The molecular formula is C18H20FNO5. The predicted molar refractivity (Wildman–Crippen MR) is 86.3 cm³/mol. The summed E-state index contributed by atoms with van der Waals surface area (Å²) >= 11 is 0. The summed E-state index contributed by atoms with van der Waals surface area (Å²) in [6.07, 6.45) is 0.200. The Morgan fingerprint density at radius 3 is 2.36 bits per heavy atom. The highest BCUT2D eigenvalue weighted by atomic mass is 19.1. The van der Waals surface area contributed by atoms with Crippen LogP contribution in [0.5, 0.6) is 0 Å². The zero-order chi connectivity index (χ0) is 18.0. The summed E-state index contributed by atoms with van der Waals surface area (Å²) in [5.74, 6) is -2.55. The van der Waals surface area contributed by atoms with E-state index in [-0.39, 0.29) is 25.6 Å². The van der Waals surface area contributed by atoms with Crippen LogP contribution in [0.3, 0.4) is 0 Å². The van der Waals surface area contributed by atoms with Crippen LogP contribution in [0.4, 0.5) is 4.39 Å². The number of hydrogen-bond donors (Lipinski definition) is 0. The summed E-state index contributed by atoms with van der Waals surface area (Å²) in [6, 6.07) is 5.69. The van der Waals surface area contributed by atoms with Crippen molar-refractivity contribution in [2.45, 2.75) is 26.2 Å². The molecule has 1 aliphatic heterocycles. The number of benzene rings is 1. The highest BCUT2D eigenvalue weighted by Crippen LogP contribution is 2.53. The van der Waals surface area contributed by atoms with Gasteiger partial charge >= 0.3 is 11.9 Å². The maximum absolute atomic E-state index is 13.4. The van der Waals surface area contributed by atoms with Gasteiger partial charge in [-0.2, -0.15) is 0 Å². The van der Waals surface area contributed by atoms with Crippen molar-refractivity contribution in [1.29, 1.82) is 0 Å². The molecule has 1 heterocycles. The number of esters is 2. The Labute approximate surface area is 144 Å². The molecule has 1 aromatic rings. The van der Waals surface area contributed by atoms with Gasteiger partial charge in [-0.05, 0) is 38.0 Å². The van der Waals surface area contributed by atoms with E-state index in [0.29, 0.717) is 17.9 Å². The van der Waals surface area contributed by atoms with Gasteiger partial charge < -0.3 is 14.3 Å². The molecule has 3 rings (SSSR count). The molecular weight excluding hydrogens is 329 g/mol. The fraction of sp³-hybridized carbons (Fsp3) is 0.500. The normalized spacial score (nSPS) is 23.4. The van der Waals surface area contributed by atoms with Gasteiger partial charge in [-0.25, -0.2) is 4.39 Å². The highest BCUT2D eigenvalue weighted by Gasteiger charge is 2.65. The maximum atomic E-state index is 13.4. The molecule has 2 aliphatic rings. The molecule has 2 atom stereocenters. The van der Waals surface area contributed by atoms with E-state index in [0.717, 1.165) is 0 Å². The third-order valence-electron chi connectivity index (χ3n) is 4.70. The molecule has 1 saturated carbocycles. The minimum Gasteiger partial charge on any atom is -0.465 e. The van der Waals surface area contributed by atoms with Crippen LogP contribution >= 0.6 is 0 Å². The van der Waals surface area contributed by atoms with Crippen molar-refractivity contribution in [3.63, 3.8) is 0 Å². The van der Waals surface area contributed by atoms with Crippen LogP contribution < -0.4 is 0 Å². The molecule has 0 spiro atoms. The van der Waals surface area contributed by atoms with E-state index in [1.54, 1.807) is 26.0 Å². The van der Waals surface area contributed by atoms with Gasteiger partial charge in [0.05, 0.1) is 24.8 Å². The van der Waals surface area contributed by atoms with E-state index in [1.807, 2.05) is 0 Å². The average Bonchev–Trinajstić information content (AvgIpc) is 3.15. The van der Waals surface area contributed by atoms with Crippen molar-refractivity contribution in [3.05, 3.63) is 35.6 Å². The maximum Gasteiger partial charge on any atom is 0.324 e. The molecule has 0 radical (unpaired) electrons. The van der Waals surface area contributed by atoms with Gasteiger partial charge in [-0.1, -0.05) is 17.3 Å². The summed E-state index contributed by atoms with van der Waals surface area (Å²) in [5, 5.41) is 4.07. The zero-order valence-corrected chi connectivity index (χ0v) is 14.2. The Balaban J connectivity index is 2.14. The van der Waals surface area contributed by atoms with Gasteiger partial charge in [-0.15, -0.1) is 0 Å². The van der Waals surface area contributed by atoms with Crippen molar-refractivity contribution < 1.29 is 28.3 Å². The van der Waals surface area contributed by atoms with Gasteiger partial charge in [0.1, 0.15) is 12.4 Å². The summed E-state index contributed by atoms with van der Waals surface area (Å²) in [6.45, 7) is 3.95. The minimum atomic E-state index is -1.53. The molecule has 0 bridgehead atoms. The molecule has 134 valence electrons. The van der Waals surface area contributed by atoms with Gasteiger partial charge in [0.25, 0.3) is 0 Å². The molecule has 0 aromatic heterocycles. The number of carbonyl (C=O) groups excluding carboxylic acids is 2. The van der Waals surface area contributed by atoms with Crippen molar-refractivity contribution in [1.82, 2.24) is 0 Å². The summed E-state index contributed by atoms with van der Waals surface area (Å²) in [4.78, 5) is 30.9. The van der Waals surface area contributed by atoms with Crippen LogP contribution in [0.1, 0.15) is 31.7 Å². The molecule has 0 saturated heterocycles. The zero-order valence-electron chi connectivity index (χ0n) is 14.2. The lowest BCUT2D eigenvalue weighted by Gasteiger charge is -2.31. The smallest absolute Gasteiger partial charge is 0.324 e. The van der Waals surface area contributed by atoms with Crippen LogP contribution in [0, 0.1) is 17.2 Å². The molecule has 6 nitrogen and oxygen atoms in total. The topological polar surface area (TPSA) is 74.2 Å². The summed E-state index contributed by atoms with van der Waals surface area (Å²) in [5.41, 5.74) is -0.320. The Morgan fingerprint density at radius 1 is 1.20 bits per heavy atom. The predicted octanol–water partition coefficient (Wildman–Crippen LogP) is 2.43. The fourth-order valence-electron chi connectivity index (χ4n) is 3.69. The highest BCUT2D eigenvalue weighted by molar-refractivity contribution is 6.12. The Kier molecular flexibility index (Phi) is 4.74. The molecule has 1 aliphatic carbocycles. The van der Waals surface area contributed by atoms with E-state index in [9.17, 15) is 14.0 Å². The quantitative estimate of drug-likeness (QED) is 0.603. The van der Waals surface area contributed by atoms with Gasteiger partial charge in [0.15, 0.2) is 5.41 Å². The van der Waals surface area contributed by atoms with Gasteiger partial charge in [0.2, 0.25) is 0 Å². The number of fused-ring (bicyclic) bond motifs is 1. The van der Waals surface area contributed by atoms with Crippen molar-refractivity contribution >= 4 is 17.7 Å². The van der Waals surface area contributed by atoms with Crippen LogP contribution in [0.2, 0.25) is 0 Å².